The molecule has 0 aliphatic carbocycles. The van der Waals surface area contributed by atoms with Crippen LogP contribution in [0, 0.1) is 0 Å². The van der Waals surface area contributed by atoms with Gasteiger partial charge in [-0.2, -0.15) is 5.10 Å². The van der Waals surface area contributed by atoms with E-state index < -0.39 is 6.04 Å². The number of hydrogen-bond donors (Lipinski definition) is 2. The molecule has 9 nitrogen and oxygen atoms in total. The van der Waals surface area contributed by atoms with Crippen LogP contribution in [0.4, 0.5) is 0 Å². The van der Waals surface area contributed by atoms with E-state index in [1.807, 2.05) is 6.07 Å². The summed E-state index contributed by atoms with van der Waals surface area (Å²) in [7, 11) is 0. The molecule has 0 aliphatic heterocycles. The Hall–Kier alpha value is -3.49. The summed E-state index contributed by atoms with van der Waals surface area (Å²) < 4.78 is 6.38. The van der Waals surface area contributed by atoms with Crippen LogP contribution in [0.25, 0.3) is 5.82 Å². The van der Waals surface area contributed by atoms with Gasteiger partial charge in [0.1, 0.15) is 25.0 Å². The van der Waals surface area contributed by atoms with Gasteiger partial charge in [0.25, 0.3) is 5.91 Å². The van der Waals surface area contributed by atoms with Crippen molar-refractivity contribution in [1.29, 1.82) is 0 Å². The van der Waals surface area contributed by atoms with Crippen LogP contribution in [0.5, 0.6) is 0 Å². The lowest BCUT2D eigenvalue weighted by molar-refractivity contribution is -0.122. The fourth-order valence-corrected chi connectivity index (χ4v) is 2.06. The average molecular weight is 340 g/mol. The number of pyridine rings is 1. The number of aromatic nitrogens is 4. The summed E-state index contributed by atoms with van der Waals surface area (Å²) in [5.41, 5.74) is 1.19. The van der Waals surface area contributed by atoms with E-state index in [9.17, 15) is 9.59 Å². The minimum absolute atomic E-state index is 0.294. The number of amides is 2. The van der Waals surface area contributed by atoms with Gasteiger partial charge in [0.05, 0.1) is 11.8 Å². The Morgan fingerprint density at radius 3 is 2.84 bits per heavy atom. The SMILES string of the molecule is C[C@H](NC(=O)c1ccoc1)C(=O)NCc1ccc(-n2cncn2)nc1. The monoisotopic (exact) mass is 340 g/mol. The quantitative estimate of drug-likeness (QED) is 0.682. The second kappa shape index (κ2) is 7.39. The van der Waals surface area contributed by atoms with E-state index >= 15 is 0 Å². The Labute approximate surface area is 143 Å². The molecule has 2 amide bonds. The standard InChI is InChI=1S/C16H16N6O3/c1-11(21-16(24)13-4-5-25-8-13)15(23)19-7-12-2-3-14(18-6-12)22-10-17-9-20-22/h2-6,8-11H,7H2,1H3,(H,19,23)(H,21,24)/t11-/m0/s1. The average Bonchev–Trinajstić information content (AvgIpc) is 3.33. The Balaban J connectivity index is 1.50. The number of nitrogens with one attached hydrogen (secondary N) is 2. The molecular weight excluding hydrogens is 324 g/mol. The maximum Gasteiger partial charge on any atom is 0.255 e. The topological polar surface area (TPSA) is 115 Å². The van der Waals surface area contributed by atoms with Crippen LogP contribution in [0.1, 0.15) is 22.8 Å². The summed E-state index contributed by atoms with van der Waals surface area (Å²) in [5.74, 6) is -0.0271. The molecule has 1 atom stereocenters. The molecule has 0 unspecified atom stereocenters. The fourth-order valence-electron chi connectivity index (χ4n) is 2.06. The van der Waals surface area contributed by atoms with Crippen LogP contribution in [-0.2, 0) is 11.3 Å². The molecule has 3 rings (SSSR count). The zero-order chi connectivity index (χ0) is 17.6. The van der Waals surface area contributed by atoms with Crippen LogP contribution >= 0.6 is 0 Å². The van der Waals surface area contributed by atoms with Crippen molar-refractivity contribution in [3.63, 3.8) is 0 Å². The normalized spacial score (nSPS) is 11.7. The number of carbonyl (C=O) groups excluding carboxylic acids is 2. The minimum Gasteiger partial charge on any atom is -0.472 e. The zero-order valence-corrected chi connectivity index (χ0v) is 13.4. The number of rotatable bonds is 6. The lowest BCUT2D eigenvalue weighted by Crippen LogP contribution is -2.44. The van der Waals surface area contributed by atoms with Crippen molar-refractivity contribution in [3.05, 3.63) is 60.7 Å². The summed E-state index contributed by atoms with van der Waals surface area (Å²) >= 11 is 0. The Bertz CT molecular complexity index is 827. The van der Waals surface area contributed by atoms with Gasteiger partial charge in [-0.1, -0.05) is 6.07 Å². The fraction of sp³-hybridized carbons (Fsp3) is 0.188. The number of nitrogens with zero attached hydrogens (tertiary/aromatic N) is 4. The van der Waals surface area contributed by atoms with Gasteiger partial charge in [-0.3, -0.25) is 9.59 Å². The molecule has 0 saturated heterocycles. The van der Waals surface area contributed by atoms with Crippen LogP contribution in [-0.4, -0.2) is 37.6 Å². The van der Waals surface area contributed by atoms with Gasteiger partial charge in [-0.05, 0) is 24.6 Å². The maximum atomic E-state index is 12.1. The molecule has 0 bridgehead atoms. The molecule has 0 fully saturated rings. The summed E-state index contributed by atoms with van der Waals surface area (Å²) in [6.45, 7) is 1.91. The predicted octanol–water partition coefficient (Wildman–Crippen LogP) is 0.690. The first-order valence-corrected chi connectivity index (χ1v) is 7.54. The highest BCUT2D eigenvalue weighted by Crippen LogP contribution is 2.04. The first-order chi connectivity index (χ1) is 12.1. The number of furan rings is 1. The molecule has 2 N–H and O–H groups in total. The molecular formula is C16H16N6O3. The zero-order valence-electron chi connectivity index (χ0n) is 13.4. The summed E-state index contributed by atoms with van der Waals surface area (Å²) in [4.78, 5) is 32.1. The van der Waals surface area contributed by atoms with Crippen molar-refractivity contribution < 1.29 is 14.0 Å². The van der Waals surface area contributed by atoms with E-state index in [1.54, 1.807) is 25.5 Å². The summed E-state index contributed by atoms with van der Waals surface area (Å²) in [6, 6.07) is 4.46. The lowest BCUT2D eigenvalue weighted by atomic mass is 10.2. The second-order valence-electron chi connectivity index (χ2n) is 5.29. The molecule has 3 heterocycles. The molecule has 25 heavy (non-hydrogen) atoms. The van der Waals surface area contributed by atoms with Crippen molar-refractivity contribution in [1.82, 2.24) is 30.4 Å². The van der Waals surface area contributed by atoms with Gasteiger partial charge in [-0.15, -0.1) is 0 Å². The third-order valence-corrected chi connectivity index (χ3v) is 3.45. The van der Waals surface area contributed by atoms with Crippen LogP contribution in [0.3, 0.4) is 0 Å². The summed E-state index contributed by atoms with van der Waals surface area (Å²) in [6.07, 6.45) is 7.34. The van der Waals surface area contributed by atoms with E-state index in [0.717, 1.165) is 5.56 Å². The Morgan fingerprint density at radius 1 is 1.32 bits per heavy atom. The first-order valence-electron chi connectivity index (χ1n) is 7.54. The lowest BCUT2D eigenvalue weighted by Gasteiger charge is -2.13. The molecule has 3 aromatic heterocycles. The third kappa shape index (κ3) is 4.08. The second-order valence-corrected chi connectivity index (χ2v) is 5.29. The maximum absolute atomic E-state index is 12.1. The van der Waals surface area contributed by atoms with Crippen LogP contribution < -0.4 is 10.6 Å². The van der Waals surface area contributed by atoms with Crippen LogP contribution in [0.15, 0.2) is 54.0 Å². The van der Waals surface area contributed by atoms with Crippen molar-refractivity contribution >= 4 is 11.8 Å². The molecule has 0 radical (unpaired) electrons. The first kappa shape index (κ1) is 16.4. The van der Waals surface area contributed by atoms with Crippen molar-refractivity contribution in [2.24, 2.45) is 0 Å². The van der Waals surface area contributed by atoms with Gasteiger partial charge >= 0.3 is 0 Å². The largest absolute Gasteiger partial charge is 0.472 e. The highest BCUT2D eigenvalue weighted by Gasteiger charge is 2.16. The molecule has 128 valence electrons. The summed E-state index contributed by atoms with van der Waals surface area (Å²) in [5, 5.41) is 9.34. The highest BCUT2D eigenvalue weighted by molar-refractivity contribution is 5.97. The molecule has 0 aliphatic rings. The van der Waals surface area contributed by atoms with Crippen molar-refractivity contribution in [2.45, 2.75) is 19.5 Å². The molecule has 0 spiro atoms. The van der Waals surface area contributed by atoms with E-state index in [1.165, 1.54) is 29.6 Å². The minimum atomic E-state index is -0.676. The molecule has 9 heteroatoms. The van der Waals surface area contributed by atoms with Crippen molar-refractivity contribution in [2.75, 3.05) is 0 Å². The van der Waals surface area contributed by atoms with Gasteiger partial charge < -0.3 is 15.1 Å². The molecule has 0 aromatic carbocycles. The highest BCUT2D eigenvalue weighted by atomic mass is 16.3. The smallest absolute Gasteiger partial charge is 0.255 e. The van der Waals surface area contributed by atoms with Gasteiger partial charge in [0, 0.05) is 12.7 Å². The Morgan fingerprint density at radius 2 is 2.20 bits per heavy atom. The van der Waals surface area contributed by atoms with Gasteiger partial charge in [-0.25, -0.2) is 14.6 Å². The van der Waals surface area contributed by atoms with E-state index in [4.69, 9.17) is 4.42 Å². The van der Waals surface area contributed by atoms with Gasteiger partial charge in [0.2, 0.25) is 5.91 Å². The molecule has 0 saturated carbocycles. The third-order valence-electron chi connectivity index (χ3n) is 3.45. The van der Waals surface area contributed by atoms with E-state index in [-0.39, 0.29) is 11.8 Å². The Kier molecular flexibility index (Phi) is 4.84. The van der Waals surface area contributed by atoms with Crippen molar-refractivity contribution in [3.8, 4) is 5.82 Å². The molecule has 3 aromatic rings. The predicted molar refractivity (Wildman–Crippen MR) is 86.6 cm³/mol. The van der Waals surface area contributed by atoms with E-state index in [2.05, 4.69) is 25.7 Å². The van der Waals surface area contributed by atoms with Crippen LogP contribution in [0.2, 0.25) is 0 Å². The van der Waals surface area contributed by atoms with E-state index in [0.29, 0.717) is 17.9 Å². The number of hydrogen-bond acceptors (Lipinski definition) is 6. The number of carbonyl (C=O) groups is 2. The van der Waals surface area contributed by atoms with Gasteiger partial charge in [0.15, 0.2) is 5.82 Å².